The Morgan fingerprint density at radius 3 is 2.71 bits per heavy atom. The molecule has 0 bridgehead atoms. The van der Waals surface area contributed by atoms with Gasteiger partial charge in [-0.1, -0.05) is 18.2 Å². The summed E-state index contributed by atoms with van der Waals surface area (Å²) < 4.78 is 9.63. The monoisotopic (exact) mass is 287 g/mol. The van der Waals surface area contributed by atoms with E-state index in [1.807, 2.05) is 0 Å². The zero-order chi connectivity index (χ0) is 15.4. The second-order valence-corrected chi connectivity index (χ2v) is 4.00. The van der Waals surface area contributed by atoms with Crippen LogP contribution in [0.4, 0.5) is 0 Å². The van der Waals surface area contributed by atoms with Crippen molar-refractivity contribution in [3.8, 4) is 0 Å². The number of esters is 1. The molecule has 1 N–H and O–H groups in total. The molecule has 0 radical (unpaired) electrons. The molecule has 2 aromatic rings. The van der Waals surface area contributed by atoms with Crippen molar-refractivity contribution in [3.63, 3.8) is 0 Å². The van der Waals surface area contributed by atoms with Gasteiger partial charge in [-0.15, -0.1) is 0 Å². The number of ketones is 1. The number of benzene rings is 1. The number of ether oxygens (including phenoxy) is 1. The van der Waals surface area contributed by atoms with Gasteiger partial charge in [0.2, 0.25) is 0 Å². The first-order valence-electron chi connectivity index (χ1n) is 6.07. The highest BCUT2D eigenvalue weighted by atomic mass is 16.5. The summed E-state index contributed by atoms with van der Waals surface area (Å²) in [7, 11) is 0. The smallest absolute Gasteiger partial charge is 0.457 e. The largest absolute Gasteiger partial charge is 0.495 e. The Morgan fingerprint density at radius 1 is 1.33 bits per heavy atom. The molecule has 1 aromatic heterocycles. The van der Waals surface area contributed by atoms with Gasteiger partial charge in [0.05, 0.1) is 16.9 Å². The summed E-state index contributed by atoms with van der Waals surface area (Å²) in [5, 5.41) is 0.522. The second kappa shape index (κ2) is 5.94. The van der Waals surface area contributed by atoms with Crippen molar-refractivity contribution in [2.45, 2.75) is 6.92 Å². The minimum absolute atomic E-state index is 0.0253. The summed E-state index contributed by atoms with van der Waals surface area (Å²) >= 11 is 0. The van der Waals surface area contributed by atoms with Crippen LogP contribution in [0.3, 0.4) is 0 Å². The van der Waals surface area contributed by atoms with Crippen LogP contribution in [0.1, 0.15) is 17.3 Å². The van der Waals surface area contributed by atoms with Crippen molar-refractivity contribution in [2.75, 3.05) is 6.61 Å². The number of fused-ring (bicyclic) bond motifs is 1. The fraction of sp³-hybridized carbons (Fsp3) is 0.143. The first kappa shape index (κ1) is 14.4. The summed E-state index contributed by atoms with van der Waals surface area (Å²) in [6, 6.07) is 7.92. The number of hydrogen-bond acceptors (Lipinski definition) is 6. The third-order valence-electron chi connectivity index (χ3n) is 2.68. The Hall–Kier alpha value is -3.05. The number of rotatable bonds is 4. The Labute approximate surface area is 118 Å². The number of nitrogens with one attached hydrogen (secondary N) is 1. The average Bonchev–Trinajstić information content (AvgIpc) is 2.47. The zero-order valence-electron chi connectivity index (χ0n) is 11.1. The van der Waals surface area contributed by atoms with Crippen LogP contribution in [0, 0.1) is 5.53 Å². The van der Waals surface area contributed by atoms with Gasteiger partial charge in [-0.2, -0.15) is 0 Å². The van der Waals surface area contributed by atoms with Gasteiger partial charge < -0.3 is 9.15 Å². The summed E-state index contributed by atoms with van der Waals surface area (Å²) in [6.07, 6.45) is 0. The topological polar surface area (TPSA) is 112 Å². The fourth-order valence-corrected chi connectivity index (χ4v) is 1.74. The number of carbonyl (C=O) groups is 2. The van der Waals surface area contributed by atoms with Gasteiger partial charge in [-0.25, -0.2) is 9.59 Å². The van der Waals surface area contributed by atoms with E-state index in [-0.39, 0.29) is 12.2 Å². The number of Topliss-reactive ketones (excluding diaryl/α,β-unsaturated/α-hetero) is 1. The molecule has 7 heteroatoms. The summed E-state index contributed by atoms with van der Waals surface area (Å²) in [5.41, 5.74) is 5.20. The Morgan fingerprint density at radius 2 is 2.05 bits per heavy atom. The van der Waals surface area contributed by atoms with E-state index >= 15 is 0 Å². The van der Waals surface area contributed by atoms with E-state index in [0.29, 0.717) is 11.0 Å². The van der Waals surface area contributed by atoms with Crippen molar-refractivity contribution in [1.29, 1.82) is 5.53 Å². The molecule has 0 spiro atoms. The lowest BCUT2D eigenvalue weighted by atomic mass is 10.1. The Kier molecular flexibility index (Phi) is 4.06. The molecule has 21 heavy (non-hydrogen) atoms. The van der Waals surface area contributed by atoms with Crippen LogP contribution in [-0.2, 0) is 9.53 Å². The lowest BCUT2D eigenvalue weighted by Gasteiger charge is -1.99. The van der Waals surface area contributed by atoms with E-state index in [4.69, 9.17) is 9.95 Å². The molecule has 2 rings (SSSR count). The van der Waals surface area contributed by atoms with Crippen LogP contribution in [-0.4, -0.2) is 28.9 Å². The number of para-hydroxylation sites is 1. The van der Waals surface area contributed by atoms with Gasteiger partial charge in [-0.05, 0) is 19.1 Å². The van der Waals surface area contributed by atoms with Gasteiger partial charge >= 0.3 is 17.3 Å². The fourth-order valence-electron chi connectivity index (χ4n) is 1.74. The van der Waals surface area contributed by atoms with Crippen molar-refractivity contribution < 1.29 is 23.5 Å². The van der Waals surface area contributed by atoms with Crippen LogP contribution in [0.25, 0.3) is 11.0 Å². The van der Waals surface area contributed by atoms with Gasteiger partial charge in [0.15, 0.2) is 0 Å². The molecule has 0 aliphatic rings. The van der Waals surface area contributed by atoms with Crippen LogP contribution in [0.2, 0.25) is 0 Å². The molecule has 0 saturated heterocycles. The number of nitrogens with zero attached hydrogens (tertiary/aromatic N) is 1. The number of hydrogen-bond donors (Lipinski definition) is 1. The van der Waals surface area contributed by atoms with E-state index in [1.165, 1.54) is 6.07 Å². The third-order valence-corrected chi connectivity index (χ3v) is 2.68. The lowest BCUT2D eigenvalue weighted by Crippen LogP contribution is -2.30. The molecule has 1 heterocycles. The Bertz CT molecular complexity index is 831. The average molecular weight is 287 g/mol. The molecule has 0 fully saturated rings. The van der Waals surface area contributed by atoms with E-state index in [2.05, 4.69) is 9.53 Å². The van der Waals surface area contributed by atoms with E-state index in [0.717, 1.165) is 0 Å². The summed E-state index contributed by atoms with van der Waals surface area (Å²) in [4.78, 5) is 38.4. The van der Waals surface area contributed by atoms with Crippen molar-refractivity contribution in [1.82, 2.24) is 0 Å². The minimum atomic E-state index is -1.05. The number of carbonyl (C=O) groups excluding carboxylic acids is 2. The van der Waals surface area contributed by atoms with E-state index < -0.39 is 23.1 Å². The summed E-state index contributed by atoms with van der Waals surface area (Å²) in [6.45, 7) is 1.58. The normalized spacial score (nSPS) is 9.95. The maximum absolute atomic E-state index is 12.1. The van der Waals surface area contributed by atoms with Crippen LogP contribution < -0.4 is 5.63 Å². The van der Waals surface area contributed by atoms with Crippen molar-refractivity contribution >= 4 is 28.4 Å². The molecule has 7 nitrogen and oxygen atoms in total. The molecule has 0 aliphatic heterocycles. The molecule has 0 atom stereocenters. The molecule has 0 amide bonds. The SMILES string of the molecule is CCOC(=O)C(=[N+]=N)C(=O)c1cc2ccccc2oc1=O. The highest BCUT2D eigenvalue weighted by Gasteiger charge is 2.36. The zero-order valence-corrected chi connectivity index (χ0v) is 11.1. The molecule has 0 unspecified atom stereocenters. The van der Waals surface area contributed by atoms with E-state index in [1.54, 1.807) is 31.2 Å². The van der Waals surface area contributed by atoms with Gasteiger partial charge in [0.25, 0.3) is 5.78 Å². The predicted octanol–water partition coefficient (Wildman–Crippen LogP) is 1.22. The van der Waals surface area contributed by atoms with E-state index in [9.17, 15) is 14.4 Å². The third kappa shape index (κ3) is 2.77. The van der Waals surface area contributed by atoms with Crippen LogP contribution >= 0.6 is 0 Å². The maximum atomic E-state index is 12.1. The summed E-state index contributed by atoms with van der Waals surface area (Å²) in [5.74, 6) is -2.05. The molecule has 1 aromatic carbocycles. The molecule has 0 aliphatic carbocycles. The molecule has 0 saturated carbocycles. The molecule has 106 valence electrons. The molecular formula is C14H11N2O5+. The molecular weight excluding hydrogens is 276 g/mol. The quantitative estimate of drug-likeness (QED) is 0.173. The van der Waals surface area contributed by atoms with Crippen molar-refractivity contribution in [3.05, 3.63) is 46.3 Å². The van der Waals surface area contributed by atoms with Gasteiger partial charge in [0, 0.05) is 5.39 Å². The van der Waals surface area contributed by atoms with Crippen molar-refractivity contribution in [2.24, 2.45) is 0 Å². The highest BCUT2D eigenvalue weighted by molar-refractivity contribution is 6.65. The first-order valence-corrected chi connectivity index (χ1v) is 6.07. The Balaban J connectivity index is 2.53. The lowest BCUT2D eigenvalue weighted by molar-refractivity contribution is -0.151. The highest BCUT2D eigenvalue weighted by Crippen LogP contribution is 2.13. The van der Waals surface area contributed by atoms with Gasteiger partial charge in [-0.3, -0.25) is 4.79 Å². The standard InChI is InChI=1S/C14H11N2O5/c1-2-20-14(19)11(16-15)12(17)9-7-8-5-3-4-6-10(8)21-13(9)18/h3-7,15H,2H2,1H3/q+1. The van der Waals surface area contributed by atoms with Gasteiger partial charge in [0.1, 0.15) is 11.1 Å². The van der Waals surface area contributed by atoms with Crippen LogP contribution in [0.5, 0.6) is 0 Å². The maximum Gasteiger partial charge on any atom is 0.495 e. The predicted molar refractivity (Wildman–Crippen MR) is 71.4 cm³/mol. The second-order valence-electron chi connectivity index (χ2n) is 4.00. The minimum Gasteiger partial charge on any atom is -0.457 e. The van der Waals surface area contributed by atoms with Crippen LogP contribution in [0.15, 0.2) is 39.5 Å². The first-order chi connectivity index (χ1) is 10.1.